The van der Waals surface area contributed by atoms with E-state index < -0.39 is 204 Å². The normalized spacial score (nSPS) is 15.7. The molecule has 0 saturated heterocycles. The van der Waals surface area contributed by atoms with Crippen LogP contribution in [0.1, 0.15) is 259 Å². The number of nitrogens with two attached hydrogens (primary N) is 3. The van der Waals surface area contributed by atoms with Crippen molar-refractivity contribution in [3.8, 4) is 5.75 Å². The zero-order chi connectivity index (χ0) is 108. The summed E-state index contributed by atoms with van der Waals surface area (Å²) >= 11 is 0. The van der Waals surface area contributed by atoms with Gasteiger partial charge in [-0.05, 0) is 245 Å². The van der Waals surface area contributed by atoms with E-state index in [0.29, 0.717) is 116 Å². The summed E-state index contributed by atoms with van der Waals surface area (Å²) < 4.78 is 167. The van der Waals surface area contributed by atoms with Gasteiger partial charge in [0.05, 0.1) is 73.5 Å². The number of carbonyl (C=O) groups excluding carboxylic acids is 6. The topological polar surface area (TPSA) is 435 Å². The molecule has 0 bridgehead atoms. The van der Waals surface area contributed by atoms with Crippen molar-refractivity contribution in [2.24, 2.45) is 17.2 Å². The van der Waals surface area contributed by atoms with Gasteiger partial charge in [-0.3, -0.25) is 38.7 Å². The fourth-order valence-corrected chi connectivity index (χ4v) is 26.0. The number of amides is 6. The second-order valence-electron chi connectivity index (χ2n) is 39.4. The SMILES string of the molecule is CCCC(CCC)S(=O)(=O)C[C@@H](NC(=O)c1cccc(O)c1)C(=O)N(C[C@@H](O)[C@@H](N)Cc1cc(F)cc(F)c1)C1(c2cccc(CC)c2)CC1.CCCC(CCC)S(=O)(=O)C[C@@H](NC(=O)c1cccnc1)C(=O)N(C[C@@H](O)[C@@H](N)Cc1cc(F)cc(F)c1)C1(c2cccc(CC)c2)CC1.CCCC(CCC)S(=O)(=O)C[C@@H](NC(=O)c1ccncc1)C(=O)N(C[C@@H](O)[C@@H](N)Cc1cc(F)cc(F)c1)C1(c2cccc(CC)c2)CC1. The van der Waals surface area contributed by atoms with E-state index in [4.69, 9.17) is 17.2 Å². The van der Waals surface area contributed by atoms with E-state index in [1.807, 2.05) is 135 Å². The highest BCUT2D eigenvalue weighted by Gasteiger charge is 2.57. The first-order chi connectivity index (χ1) is 70.4. The zero-order valence-electron chi connectivity index (χ0n) is 85.8. The van der Waals surface area contributed by atoms with Crippen molar-refractivity contribution in [3.63, 3.8) is 0 Å². The number of aryl methyl sites for hydroxylation is 3. The Morgan fingerprint density at radius 3 is 0.885 bits per heavy atom. The molecule has 7 aromatic carbocycles. The minimum absolute atomic E-state index is 0.0339. The Morgan fingerprint density at radius 1 is 0.345 bits per heavy atom. The maximum atomic E-state index is 14.9. The molecule has 12 rings (SSSR count). The molecule has 0 unspecified atom stereocenters. The number of hydrogen-bond acceptors (Lipinski definition) is 21. The van der Waals surface area contributed by atoms with Crippen molar-refractivity contribution in [3.05, 3.63) is 302 Å². The second-order valence-corrected chi connectivity index (χ2v) is 46.4. The predicted molar refractivity (Wildman–Crippen MR) is 560 cm³/mol. The largest absolute Gasteiger partial charge is 0.508 e. The lowest BCUT2D eigenvalue weighted by molar-refractivity contribution is -0.139. The summed E-state index contributed by atoms with van der Waals surface area (Å²) in [4.78, 5) is 97.2. The Balaban J connectivity index is 0.000000227. The van der Waals surface area contributed by atoms with Gasteiger partial charge in [0.15, 0.2) is 29.5 Å². The molecule has 3 saturated carbocycles. The van der Waals surface area contributed by atoms with Gasteiger partial charge in [0.1, 0.15) is 58.8 Å². The van der Waals surface area contributed by atoms with Crippen molar-refractivity contribution in [1.82, 2.24) is 40.6 Å². The summed E-state index contributed by atoms with van der Waals surface area (Å²) in [6, 6.07) is 36.1. The van der Waals surface area contributed by atoms with Crippen LogP contribution in [-0.4, -0.2) is 213 Å². The van der Waals surface area contributed by atoms with E-state index in [-0.39, 0.29) is 78.0 Å². The minimum atomic E-state index is -3.92. The number of hydrogen-bond donors (Lipinski definition) is 10. The minimum Gasteiger partial charge on any atom is -0.508 e. The van der Waals surface area contributed by atoms with E-state index in [2.05, 4.69) is 25.9 Å². The third kappa shape index (κ3) is 32.4. The summed E-state index contributed by atoms with van der Waals surface area (Å²) in [6.07, 6.45) is 12.9. The van der Waals surface area contributed by atoms with Crippen LogP contribution in [0, 0.1) is 34.9 Å². The van der Waals surface area contributed by atoms with Gasteiger partial charge in [0.2, 0.25) is 17.7 Å². The number of carbonyl (C=O) groups is 6. The van der Waals surface area contributed by atoms with E-state index in [0.717, 1.165) is 107 Å². The van der Waals surface area contributed by atoms with Crippen LogP contribution in [0.4, 0.5) is 26.3 Å². The Bertz CT molecular complexity index is 5990. The average Bonchev–Trinajstić information content (AvgIpc) is 1.59. The van der Waals surface area contributed by atoms with Gasteiger partial charge in [-0.1, -0.05) is 180 Å². The number of pyridine rings is 2. The third-order valence-corrected chi connectivity index (χ3v) is 34.9. The zero-order valence-corrected chi connectivity index (χ0v) is 88.3. The lowest BCUT2D eigenvalue weighted by Gasteiger charge is -2.38. The molecule has 3 aliphatic carbocycles. The molecule has 27 nitrogen and oxygen atoms in total. The lowest BCUT2D eigenvalue weighted by atomic mass is 9.96. The molecule has 9 aromatic rings. The molecular formula is C112H145F6N11O16S3. The predicted octanol–water partition coefficient (Wildman–Crippen LogP) is 14.9. The Hall–Kier alpha value is -11.4. The van der Waals surface area contributed by atoms with Crippen LogP contribution in [0.25, 0.3) is 0 Å². The monoisotopic (exact) mass is 2110 g/mol. The molecule has 0 radical (unpaired) electrons. The number of phenolic OH excluding ortho intramolecular Hbond substituents is 1. The van der Waals surface area contributed by atoms with Gasteiger partial charge < -0.3 is 68.3 Å². The Kier molecular flexibility index (Phi) is 43.6. The first-order valence-corrected chi connectivity index (χ1v) is 56.6. The highest BCUT2D eigenvalue weighted by Crippen LogP contribution is 2.55. The second kappa shape index (κ2) is 54.4. The number of aliphatic hydroxyl groups excluding tert-OH is 3. The van der Waals surface area contributed by atoms with Crippen LogP contribution < -0.4 is 33.2 Å². The fraction of sp³-hybridized carbons (Fsp3) is 0.482. The smallest absolute Gasteiger partial charge is 0.253 e. The van der Waals surface area contributed by atoms with Crippen LogP contribution in [0.2, 0.25) is 0 Å². The number of aromatic nitrogens is 2. The van der Waals surface area contributed by atoms with Gasteiger partial charge in [-0.25, -0.2) is 51.6 Å². The van der Waals surface area contributed by atoms with Crippen molar-refractivity contribution >= 4 is 65.0 Å². The number of rotatable bonds is 54. The molecular weight excluding hydrogens is 1970 g/mol. The van der Waals surface area contributed by atoms with Crippen LogP contribution in [0.5, 0.6) is 5.75 Å². The number of aliphatic hydroxyl groups is 3. The molecule has 2 aromatic heterocycles. The molecule has 13 N–H and O–H groups in total. The van der Waals surface area contributed by atoms with E-state index >= 15 is 0 Å². The molecule has 3 aliphatic rings. The quantitative estimate of drug-likeness (QED) is 0.0158. The molecule has 9 atom stereocenters. The molecule has 148 heavy (non-hydrogen) atoms. The van der Waals surface area contributed by atoms with Gasteiger partial charge in [0, 0.05) is 91.9 Å². The molecule has 36 heteroatoms. The highest BCUT2D eigenvalue weighted by molar-refractivity contribution is 7.92. The van der Waals surface area contributed by atoms with Crippen molar-refractivity contribution in [2.45, 2.75) is 303 Å². The Labute approximate surface area is 866 Å². The number of halogens is 6. The lowest BCUT2D eigenvalue weighted by Crippen LogP contribution is -2.58. The summed E-state index contributed by atoms with van der Waals surface area (Å²) in [5, 5.41) is 50.3. The summed E-state index contributed by atoms with van der Waals surface area (Å²) in [6.45, 7) is 16.5. The van der Waals surface area contributed by atoms with E-state index in [1.165, 1.54) is 82.0 Å². The van der Waals surface area contributed by atoms with Gasteiger partial charge in [-0.2, -0.15) is 0 Å². The number of phenols is 1. The summed E-state index contributed by atoms with van der Waals surface area (Å²) in [7, 11) is -11.7. The Morgan fingerprint density at radius 2 is 0.622 bits per heavy atom. The van der Waals surface area contributed by atoms with Crippen molar-refractivity contribution in [1.29, 1.82) is 0 Å². The first kappa shape index (κ1) is 119. The first-order valence-electron chi connectivity index (χ1n) is 51.4. The average molecular weight is 2110 g/mol. The molecule has 0 spiro atoms. The number of benzene rings is 7. The summed E-state index contributed by atoms with van der Waals surface area (Å²) in [5.41, 5.74) is 23.1. The van der Waals surface area contributed by atoms with Crippen LogP contribution in [0.3, 0.4) is 0 Å². The third-order valence-electron chi connectivity index (χ3n) is 28.1. The number of aromatic hydroxyl groups is 1. The number of sulfone groups is 3. The van der Waals surface area contributed by atoms with Gasteiger partial charge >= 0.3 is 0 Å². The van der Waals surface area contributed by atoms with Crippen molar-refractivity contribution < 1.29 is 101 Å². The standard InChI is InChI=1S/C38H49F2N3O6S.2C37H48F2N4O5S/c1-4-9-32(10-5-2)50(48,49)24-34(42-36(46)27-12-8-14-31(44)21-27)37(47)43(38(15-16-38)28-13-7-11-25(6-3)17-28)23-35(45)33(41)20-26-18-29(39)22-30(40)19-26;1-4-9-31(10-5-2)49(47,48)24-33(42-35(45)27-12-8-16-41-22-27)36(46)43(37(14-15-37)28-13-7-11-25(6-3)17-28)23-34(44)32(40)20-26-18-29(38)21-30(39)19-26;1-4-8-31(9-5-2)49(47,48)24-33(42-35(45)27-12-16-41-17-13-27)36(46)43(37(14-15-37)28-11-7-10-25(6-3)18-28)23-34(44)32(40)21-26-19-29(38)22-30(39)20-26/h7-8,11-14,17-19,21-22,32-35,44-45H,4-6,9-10,15-16,20,23-24,41H2,1-3H3,(H,42,46);7-8,11-13,16-19,21-22,31-34,44H,4-6,9-10,14-15,20,23-24,40H2,1-3H3,(H,42,45);7,10-13,16-20,22,31-34,44H,4-6,8-9,14-15,21,23-24,40H2,1-3H3,(H,42,45)/t33-,34+,35+;2*32-,33+,34+/m000/s1. The van der Waals surface area contributed by atoms with Crippen molar-refractivity contribution in [2.75, 3.05) is 36.9 Å². The van der Waals surface area contributed by atoms with Crippen LogP contribution in [0.15, 0.2) is 201 Å². The van der Waals surface area contributed by atoms with E-state index in [1.54, 1.807) is 6.07 Å². The van der Waals surface area contributed by atoms with Gasteiger partial charge in [-0.15, -0.1) is 0 Å². The molecule has 804 valence electrons. The highest BCUT2D eigenvalue weighted by atomic mass is 32.2. The molecule has 2 heterocycles. The van der Waals surface area contributed by atoms with Crippen LogP contribution >= 0.6 is 0 Å². The maximum Gasteiger partial charge on any atom is 0.253 e. The number of nitrogens with zero attached hydrogens (tertiary/aromatic N) is 5. The van der Waals surface area contributed by atoms with E-state index in [9.17, 15) is 101 Å². The fourth-order valence-electron chi connectivity index (χ4n) is 19.6. The van der Waals surface area contributed by atoms with Gasteiger partial charge in [0.25, 0.3) is 17.7 Å². The van der Waals surface area contributed by atoms with Crippen LogP contribution in [-0.2, 0) is 99.0 Å². The maximum absolute atomic E-state index is 14.9. The molecule has 3 fully saturated rings. The molecule has 6 amide bonds. The molecule has 0 aliphatic heterocycles. The summed E-state index contributed by atoms with van der Waals surface area (Å²) in [5.74, 6) is -10.9. The number of nitrogens with one attached hydrogen (secondary N) is 3.